The number of ether oxygens (including phenoxy) is 4. The number of rotatable bonds is 13. The van der Waals surface area contributed by atoms with Crippen LogP contribution in [-0.2, 0) is 28.5 Å². The van der Waals surface area contributed by atoms with Gasteiger partial charge in [-0.2, -0.15) is 0 Å². The molecule has 1 aromatic carbocycles. The van der Waals surface area contributed by atoms with E-state index in [1.54, 1.807) is 57.0 Å². The minimum absolute atomic E-state index is 0.00104. The molecule has 5 atom stereocenters. The van der Waals surface area contributed by atoms with Crippen molar-refractivity contribution in [3.63, 3.8) is 0 Å². The van der Waals surface area contributed by atoms with Crippen molar-refractivity contribution in [2.75, 3.05) is 51.9 Å². The molecule has 6 rings (SSSR count). The van der Waals surface area contributed by atoms with E-state index in [1.165, 1.54) is 0 Å². The van der Waals surface area contributed by atoms with Gasteiger partial charge in [-0.15, -0.1) is 0 Å². The molecule has 13 nitrogen and oxygen atoms in total. The predicted octanol–water partition coefficient (Wildman–Crippen LogP) is 7.12. The van der Waals surface area contributed by atoms with E-state index in [1.807, 2.05) is 0 Å². The van der Waals surface area contributed by atoms with E-state index in [4.69, 9.17) is 23.4 Å². The van der Waals surface area contributed by atoms with Gasteiger partial charge in [-0.3, -0.25) is 14.5 Å². The second kappa shape index (κ2) is 19.5. The molecule has 1 aromatic heterocycles. The molecule has 3 amide bonds. The molecule has 2 aromatic rings. The van der Waals surface area contributed by atoms with Crippen LogP contribution in [0.1, 0.15) is 109 Å². The Morgan fingerprint density at radius 1 is 0.948 bits per heavy atom. The Kier molecular flexibility index (Phi) is 14.8. The summed E-state index contributed by atoms with van der Waals surface area (Å²) in [6.45, 7) is 12.0. The zero-order valence-electron chi connectivity index (χ0n) is 35.3. The van der Waals surface area contributed by atoms with Crippen molar-refractivity contribution in [3.05, 3.63) is 30.0 Å². The lowest BCUT2D eigenvalue weighted by Gasteiger charge is -2.38. The maximum Gasteiger partial charge on any atom is 0.407 e. The molecule has 2 saturated heterocycles. The quantitative estimate of drug-likeness (QED) is 0.158. The van der Waals surface area contributed by atoms with Crippen LogP contribution in [0.3, 0.4) is 0 Å². The molecule has 2 saturated carbocycles. The number of hydrogen-bond acceptors (Lipinski definition) is 10. The molecular weight excluding hydrogens is 748 g/mol. The number of carbonyl (C=O) groups is 4. The van der Waals surface area contributed by atoms with Gasteiger partial charge in [0.05, 0.1) is 31.0 Å². The number of likely N-dealkylation sites (tertiary alicyclic amines) is 1. The first kappa shape index (κ1) is 43.8. The van der Waals surface area contributed by atoms with Crippen molar-refractivity contribution < 1.29 is 46.9 Å². The topological polar surface area (TPSA) is 149 Å². The van der Waals surface area contributed by atoms with Crippen molar-refractivity contribution in [1.29, 1.82) is 0 Å². The molecule has 4 fully saturated rings. The van der Waals surface area contributed by atoms with Gasteiger partial charge in [-0.1, -0.05) is 0 Å². The second-order valence-electron chi connectivity index (χ2n) is 18.1. The number of alkyl halides is 1. The van der Waals surface area contributed by atoms with Crippen LogP contribution in [0.15, 0.2) is 28.7 Å². The molecule has 58 heavy (non-hydrogen) atoms. The Labute approximate surface area is 342 Å². The normalized spacial score (nSPS) is 28.8. The van der Waals surface area contributed by atoms with Gasteiger partial charge in [0.2, 0.25) is 17.6 Å². The van der Waals surface area contributed by atoms with Gasteiger partial charge in [0, 0.05) is 50.3 Å². The van der Waals surface area contributed by atoms with Gasteiger partial charge in [0.25, 0.3) is 0 Å². The summed E-state index contributed by atoms with van der Waals surface area (Å²) in [6, 6.07) is 5.56. The number of halogens is 1. The maximum absolute atomic E-state index is 14.4. The number of morpholine rings is 1. The smallest absolute Gasteiger partial charge is 0.407 e. The van der Waals surface area contributed by atoms with Gasteiger partial charge < -0.3 is 38.9 Å². The third-order valence-electron chi connectivity index (χ3n) is 12.5. The largest absolute Gasteiger partial charge is 0.460 e. The van der Waals surface area contributed by atoms with Crippen LogP contribution in [0, 0.1) is 23.7 Å². The summed E-state index contributed by atoms with van der Waals surface area (Å²) in [6.07, 6.45) is 7.35. The summed E-state index contributed by atoms with van der Waals surface area (Å²) in [5.41, 5.74) is 0.351. The Balaban J connectivity index is 1.08. The first-order valence-electron chi connectivity index (χ1n) is 21.5. The molecule has 322 valence electrons. The minimum Gasteiger partial charge on any atom is -0.460 e. The Morgan fingerprint density at radius 3 is 2.31 bits per heavy atom. The van der Waals surface area contributed by atoms with E-state index in [2.05, 4.69) is 29.4 Å². The van der Waals surface area contributed by atoms with Gasteiger partial charge in [0.1, 0.15) is 23.9 Å². The van der Waals surface area contributed by atoms with Gasteiger partial charge in [-0.05, 0) is 141 Å². The third-order valence-corrected chi connectivity index (χ3v) is 12.5. The predicted molar refractivity (Wildman–Crippen MR) is 217 cm³/mol. The molecule has 0 bridgehead atoms. The Morgan fingerprint density at radius 2 is 1.66 bits per heavy atom. The molecule has 0 radical (unpaired) electrons. The van der Waals surface area contributed by atoms with E-state index in [0.717, 1.165) is 51.7 Å². The third kappa shape index (κ3) is 11.3. The number of alkyl carbamates (subject to hydrolysis) is 1. The lowest BCUT2D eigenvalue weighted by Crippen LogP contribution is -2.50. The number of fused-ring (bicyclic) bond motifs is 1. The lowest BCUT2D eigenvalue weighted by atomic mass is 9.75. The fourth-order valence-electron chi connectivity index (χ4n) is 9.82. The van der Waals surface area contributed by atoms with Crippen molar-refractivity contribution in [1.82, 2.24) is 15.1 Å². The molecule has 14 heteroatoms. The van der Waals surface area contributed by atoms with Crippen molar-refractivity contribution in [2.45, 2.75) is 135 Å². The Hall–Kier alpha value is -3.75. The number of amides is 3. The lowest BCUT2D eigenvalue weighted by molar-refractivity contribution is -0.142. The van der Waals surface area contributed by atoms with Crippen LogP contribution in [0.5, 0.6) is 0 Å². The summed E-state index contributed by atoms with van der Waals surface area (Å²) < 4.78 is 42.3. The summed E-state index contributed by atoms with van der Waals surface area (Å²) >= 11 is 0. The molecule has 0 spiro atoms. The van der Waals surface area contributed by atoms with Crippen LogP contribution >= 0.6 is 0 Å². The first-order chi connectivity index (χ1) is 27.7. The van der Waals surface area contributed by atoms with Gasteiger partial charge >= 0.3 is 12.1 Å². The fraction of sp³-hybridized carbons (Fsp3) is 0.727. The molecule has 4 aliphatic rings. The van der Waals surface area contributed by atoms with Crippen LogP contribution in [-0.4, -0.2) is 116 Å². The standard InChI is InChI=1S/C44H65FN4O9/c1-27-25-48(26-28(2)56-27)19-7-21-55-42(52)38-23-32-22-33(14-17-37(32)57-38)46-40(50)39-35(29-12-15-34(54-6)16-13-29)18-20-49(39)41(51)31-10-8-30(9-11-31)36(24-45)47-43(53)58-44(3,4)5/h14,17,22-23,27-31,34-36,39H,7-13,15-16,18-21,24-26H2,1-6H3,(H,46,50)(H,47,53)/t27-,28+,29?,30-,31-,34?,35-,36+,39-/m0/s1. The molecule has 0 unspecified atom stereocenters. The Bertz CT molecular complexity index is 1700. The number of esters is 1. The number of nitrogens with zero attached hydrogens (tertiary/aromatic N) is 2. The summed E-state index contributed by atoms with van der Waals surface area (Å²) in [4.78, 5) is 58.1. The van der Waals surface area contributed by atoms with E-state index in [9.17, 15) is 23.6 Å². The second-order valence-corrected chi connectivity index (χ2v) is 18.1. The van der Waals surface area contributed by atoms with Crippen LogP contribution in [0.2, 0.25) is 0 Å². The number of nitrogens with one attached hydrogen (secondary N) is 2. The van der Waals surface area contributed by atoms with E-state index in [0.29, 0.717) is 55.3 Å². The number of anilines is 1. The van der Waals surface area contributed by atoms with Crippen LogP contribution in [0.4, 0.5) is 14.9 Å². The number of benzene rings is 1. The monoisotopic (exact) mass is 812 g/mol. The van der Waals surface area contributed by atoms with Crippen LogP contribution < -0.4 is 10.6 Å². The van der Waals surface area contributed by atoms with Crippen molar-refractivity contribution in [3.8, 4) is 0 Å². The highest BCUT2D eigenvalue weighted by Crippen LogP contribution is 2.42. The molecule has 2 N–H and O–H groups in total. The number of carbonyl (C=O) groups excluding carboxylic acids is 4. The van der Waals surface area contributed by atoms with Gasteiger partial charge in [0.15, 0.2) is 0 Å². The average molecular weight is 813 g/mol. The molecule has 3 heterocycles. The highest BCUT2D eigenvalue weighted by Gasteiger charge is 2.47. The maximum atomic E-state index is 14.4. The zero-order valence-corrected chi connectivity index (χ0v) is 35.3. The van der Waals surface area contributed by atoms with E-state index >= 15 is 0 Å². The molecular formula is C44H65FN4O9. The summed E-state index contributed by atoms with van der Waals surface area (Å²) in [7, 11) is 1.74. The fourth-order valence-corrected chi connectivity index (χ4v) is 9.82. The highest BCUT2D eigenvalue weighted by atomic mass is 19.1. The molecule has 2 aliphatic heterocycles. The summed E-state index contributed by atoms with van der Waals surface area (Å²) in [5, 5.41) is 6.46. The van der Waals surface area contributed by atoms with E-state index in [-0.39, 0.29) is 66.2 Å². The van der Waals surface area contributed by atoms with Gasteiger partial charge in [-0.25, -0.2) is 14.0 Å². The summed E-state index contributed by atoms with van der Waals surface area (Å²) in [5.74, 6) is -0.827. The number of methoxy groups -OCH3 is 1. The first-order valence-corrected chi connectivity index (χ1v) is 21.5. The zero-order chi connectivity index (χ0) is 41.6. The van der Waals surface area contributed by atoms with Crippen LogP contribution in [0.25, 0.3) is 11.0 Å². The average Bonchev–Trinajstić information content (AvgIpc) is 3.83. The number of furan rings is 1. The molecule has 2 aliphatic carbocycles. The van der Waals surface area contributed by atoms with Crippen molar-refractivity contribution >= 4 is 40.5 Å². The SMILES string of the molecule is COC1CCC([C@@H]2CCN(C(=O)[C@H]3CC[C@H]([C@@H](CF)NC(=O)OC(C)(C)C)CC3)[C@@H]2C(=O)Nc2ccc3oc(C(=O)OCCCN4C[C@@H](C)O[C@@H](C)C4)cc3c2)CC1. The number of hydrogen-bond donors (Lipinski definition) is 2. The minimum atomic E-state index is -0.714. The van der Waals surface area contributed by atoms with E-state index < -0.39 is 36.4 Å². The highest BCUT2D eigenvalue weighted by molar-refractivity contribution is 6.00. The van der Waals surface area contributed by atoms with Crippen molar-refractivity contribution in [2.24, 2.45) is 23.7 Å².